The Morgan fingerprint density at radius 3 is 2.63 bits per heavy atom. The number of ether oxygens (including phenoxy) is 2. The van der Waals surface area contributed by atoms with Crippen molar-refractivity contribution in [3.8, 4) is 0 Å². The molecule has 4 heteroatoms. The van der Waals surface area contributed by atoms with Crippen molar-refractivity contribution in [2.75, 3.05) is 53.6 Å². The molecule has 110 valence electrons. The van der Waals surface area contributed by atoms with Gasteiger partial charge in [-0.1, -0.05) is 0 Å². The van der Waals surface area contributed by atoms with Gasteiger partial charge >= 0.3 is 0 Å². The molecular weight excluding hydrogens is 240 g/mol. The van der Waals surface area contributed by atoms with Gasteiger partial charge in [-0.05, 0) is 51.7 Å². The predicted octanol–water partition coefficient (Wildman–Crippen LogP) is 1.21. The molecule has 0 atom stereocenters. The maximum Gasteiger partial charge on any atom is 0.0653 e. The average Bonchev–Trinajstić information content (AvgIpc) is 2.39. The van der Waals surface area contributed by atoms with Crippen LogP contribution in [-0.2, 0) is 9.47 Å². The van der Waals surface area contributed by atoms with Gasteiger partial charge in [0.1, 0.15) is 0 Å². The SMILES string of the molecule is COC1CC2(COCCN2CC2CCN(C)CC2)C1. The standard InChI is InChI=1S/C15H28N2O2/c1-16-5-3-13(4-6-16)11-17-7-8-19-12-15(17)9-14(10-15)18-2/h13-14H,3-12H2,1-2H3. The zero-order valence-electron chi connectivity index (χ0n) is 12.4. The van der Waals surface area contributed by atoms with E-state index in [1.807, 2.05) is 7.11 Å². The van der Waals surface area contributed by atoms with Gasteiger partial charge in [0.15, 0.2) is 0 Å². The van der Waals surface area contributed by atoms with Gasteiger partial charge in [0.2, 0.25) is 0 Å². The van der Waals surface area contributed by atoms with E-state index >= 15 is 0 Å². The molecule has 0 amide bonds. The molecule has 0 radical (unpaired) electrons. The van der Waals surface area contributed by atoms with E-state index < -0.39 is 0 Å². The monoisotopic (exact) mass is 268 g/mol. The van der Waals surface area contributed by atoms with E-state index in [0.717, 1.165) is 38.5 Å². The largest absolute Gasteiger partial charge is 0.381 e. The number of likely N-dealkylation sites (tertiary alicyclic amines) is 1. The second-order valence-electron chi connectivity index (χ2n) is 6.74. The number of piperidine rings is 1. The fourth-order valence-corrected chi connectivity index (χ4v) is 3.94. The molecule has 4 nitrogen and oxygen atoms in total. The molecule has 1 saturated carbocycles. The molecule has 3 fully saturated rings. The summed E-state index contributed by atoms with van der Waals surface area (Å²) in [6.45, 7) is 6.74. The van der Waals surface area contributed by atoms with Crippen LogP contribution in [0.3, 0.4) is 0 Å². The van der Waals surface area contributed by atoms with Gasteiger partial charge in [0.25, 0.3) is 0 Å². The maximum absolute atomic E-state index is 5.75. The minimum Gasteiger partial charge on any atom is -0.381 e. The van der Waals surface area contributed by atoms with Crippen LogP contribution >= 0.6 is 0 Å². The third-order valence-electron chi connectivity index (χ3n) is 5.41. The van der Waals surface area contributed by atoms with Crippen LogP contribution in [0, 0.1) is 5.92 Å². The van der Waals surface area contributed by atoms with Crippen molar-refractivity contribution in [3.63, 3.8) is 0 Å². The summed E-state index contributed by atoms with van der Waals surface area (Å²) in [6.07, 6.45) is 5.50. The van der Waals surface area contributed by atoms with Crippen LogP contribution in [0.4, 0.5) is 0 Å². The Morgan fingerprint density at radius 2 is 1.95 bits per heavy atom. The molecule has 2 aliphatic heterocycles. The molecule has 0 bridgehead atoms. The Kier molecular flexibility index (Phi) is 4.13. The molecule has 0 N–H and O–H groups in total. The van der Waals surface area contributed by atoms with Crippen LogP contribution in [0.15, 0.2) is 0 Å². The Morgan fingerprint density at radius 1 is 1.21 bits per heavy atom. The predicted molar refractivity (Wildman–Crippen MR) is 75.4 cm³/mol. The first-order chi connectivity index (χ1) is 9.22. The molecule has 1 aliphatic carbocycles. The fraction of sp³-hybridized carbons (Fsp3) is 1.00. The van der Waals surface area contributed by atoms with Crippen molar-refractivity contribution in [2.24, 2.45) is 5.92 Å². The van der Waals surface area contributed by atoms with Crippen molar-refractivity contribution in [2.45, 2.75) is 37.3 Å². The highest BCUT2D eigenvalue weighted by Crippen LogP contribution is 2.42. The van der Waals surface area contributed by atoms with Crippen LogP contribution in [0.1, 0.15) is 25.7 Å². The van der Waals surface area contributed by atoms with Gasteiger partial charge < -0.3 is 14.4 Å². The number of hydrogen-bond acceptors (Lipinski definition) is 4. The molecule has 19 heavy (non-hydrogen) atoms. The molecule has 3 rings (SSSR count). The van der Waals surface area contributed by atoms with Gasteiger partial charge in [-0.2, -0.15) is 0 Å². The van der Waals surface area contributed by atoms with Crippen molar-refractivity contribution >= 4 is 0 Å². The molecule has 2 heterocycles. The molecule has 3 aliphatic rings. The van der Waals surface area contributed by atoms with Gasteiger partial charge in [-0.3, -0.25) is 4.90 Å². The summed E-state index contributed by atoms with van der Waals surface area (Å²) in [6, 6.07) is 0. The molecule has 0 aromatic heterocycles. The zero-order chi connectivity index (χ0) is 13.3. The lowest BCUT2D eigenvalue weighted by Crippen LogP contribution is -2.66. The first-order valence-corrected chi connectivity index (χ1v) is 7.76. The fourth-order valence-electron chi connectivity index (χ4n) is 3.94. The Bertz CT molecular complexity index is 297. The number of rotatable bonds is 3. The minimum absolute atomic E-state index is 0.308. The van der Waals surface area contributed by atoms with E-state index in [-0.39, 0.29) is 0 Å². The topological polar surface area (TPSA) is 24.9 Å². The minimum atomic E-state index is 0.308. The van der Waals surface area contributed by atoms with E-state index in [2.05, 4.69) is 16.8 Å². The van der Waals surface area contributed by atoms with E-state index in [1.54, 1.807) is 0 Å². The third kappa shape index (κ3) is 2.82. The van der Waals surface area contributed by atoms with Crippen LogP contribution in [0.2, 0.25) is 0 Å². The van der Waals surface area contributed by atoms with Gasteiger partial charge in [-0.25, -0.2) is 0 Å². The van der Waals surface area contributed by atoms with Crippen LogP contribution in [-0.4, -0.2) is 75.0 Å². The first-order valence-electron chi connectivity index (χ1n) is 7.76. The van der Waals surface area contributed by atoms with Crippen molar-refractivity contribution < 1.29 is 9.47 Å². The second-order valence-corrected chi connectivity index (χ2v) is 6.74. The van der Waals surface area contributed by atoms with E-state index in [1.165, 1.54) is 32.5 Å². The number of hydrogen-bond donors (Lipinski definition) is 0. The van der Waals surface area contributed by atoms with E-state index in [4.69, 9.17) is 9.47 Å². The summed E-state index contributed by atoms with van der Waals surface area (Å²) < 4.78 is 11.2. The van der Waals surface area contributed by atoms with Gasteiger partial charge in [-0.15, -0.1) is 0 Å². The van der Waals surface area contributed by atoms with Gasteiger partial charge in [0.05, 0.1) is 19.3 Å². The number of nitrogens with zero attached hydrogens (tertiary/aromatic N) is 2. The van der Waals surface area contributed by atoms with Crippen LogP contribution in [0.25, 0.3) is 0 Å². The summed E-state index contributed by atoms with van der Waals surface area (Å²) in [7, 11) is 4.07. The molecular formula is C15H28N2O2. The van der Waals surface area contributed by atoms with Gasteiger partial charge in [0, 0.05) is 25.7 Å². The maximum atomic E-state index is 5.75. The van der Waals surface area contributed by atoms with Crippen LogP contribution in [0.5, 0.6) is 0 Å². The quantitative estimate of drug-likeness (QED) is 0.768. The highest BCUT2D eigenvalue weighted by Gasteiger charge is 2.50. The molecule has 1 spiro atoms. The Balaban J connectivity index is 1.56. The van der Waals surface area contributed by atoms with Crippen LogP contribution < -0.4 is 0 Å². The Labute approximate surface area is 117 Å². The smallest absolute Gasteiger partial charge is 0.0653 e. The summed E-state index contributed by atoms with van der Waals surface area (Å²) in [5, 5.41) is 0. The lowest BCUT2D eigenvalue weighted by molar-refractivity contribution is -0.162. The normalized spacial score (nSPS) is 38.5. The molecule has 2 saturated heterocycles. The summed E-state index contributed by atoms with van der Waals surface area (Å²) in [5.74, 6) is 0.882. The van der Waals surface area contributed by atoms with E-state index in [0.29, 0.717) is 11.6 Å². The van der Waals surface area contributed by atoms with Crippen molar-refractivity contribution in [3.05, 3.63) is 0 Å². The number of methoxy groups -OCH3 is 1. The third-order valence-corrected chi connectivity index (χ3v) is 5.41. The summed E-state index contributed by atoms with van der Waals surface area (Å²) in [5.41, 5.74) is 0.308. The average molecular weight is 268 g/mol. The lowest BCUT2D eigenvalue weighted by Gasteiger charge is -2.56. The molecule has 0 aromatic rings. The first kappa shape index (κ1) is 13.8. The highest BCUT2D eigenvalue weighted by molar-refractivity contribution is 5.05. The highest BCUT2D eigenvalue weighted by atomic mass is 16.5. The number of morpholine rings is 1. The summed E-state index contributed by atoms with van der Waals surface area (Å²) in [4.78, 5) is 5.18. The zero-order valence-corrected chi connectivity index (χ0v) is 12.4. The Hall–Kier alpha value is -0.160. The second kappa shape index (κ2) is 5.68. The van der Waals surface area contributed by atoms with Crippen molar-refractivity contribution in [1.82, 2.24) is 9.80 Å². The molecule has 0 aromatic carbocycles. The molecule has 0 unspecified atom stereocenters. The van der Waals surface area contributed by atoms with Crippen molar-refractivity contribution in [1.29, 1.82) is 0 Å². The van der Waals surface area contributed by atoms with E-state index in [9.17, 15) is 0 Å². The lowest BCUT2D eigenvalue weighted by atomic mass is 9.72. The summed E-state index contributed by atoms with van der Waals surface area (Å²) >= 11 is 0.